The third-order valence-corrected chi connectivity index (χ3v) is 12.0. The number of fused-ring (bicyclic) bond motifs is 6. The number of benzene rings is 9. The molecule has 12 aromatic rings. The molecule has 0 amide bonds. The highest BCUT2D eigenvalue weighted by Crippen LogP contribution is 2.40. The lowest BCUT2D eigenvalue weighted by molar-refractivity contribution is 1.07. The van der Waals surface area contributed by atoms with E-state index in [4.69, 9.17) is 19.9 Å². The molecule has 0 N–H and O–H groups in total. The first-order valence-corrected chi connectivity index (χ1v) is 21.2. The quantitative estimate of drug-likeness (QED) is 0.151. The van der Waals surface area contributed by atoms with Crippen LogP contribution in [0.1, 0.15) is 0 Å². The molecule has 9 aromatic carbocycles. The lowest BCUT2D eigenvalue weighted by Crippen LogP contribution is -2.01. The number of pyridine rings is 1. The van der Waals surface area contributed by atoms with Gasteiger partial charge in [-0.25, -0.2) is 19.9 Å². The van der Waals surface area contributed by atoms with Crippen molar-refractivity contribution in [2.24, 2.45) is 0 Å². The fourth-order valence-corrected chi connectivity index (χ4v) is 9.06. The Kier molecular flexibility index (Phi) is 8.75. The number of para-hydroxylation sites is 2. The Morgan fingerprint density at radius 3 is 1.44 bits per heavy atom. The molecular formula is C58H37N5. The summed E-state index contributed by atoms with van der Waals surface area (Å²) in [5.41, 5.74) is 13.7. The maximum atomic E-state index is 5.29. The van der Waals surface area contributed by atoms with Gasteiger partial charge in [0.1, 0.15) is 0 Å². The van der Waals surface area contributed by atoms with Gasteiger partial charge in [-0.3, -0.25) is 0 Å². The van der Waals surface area contributed by atoms with Gasteiger partial charge < -0.3 is 4.57 Å². The van der Waals surface area contributed by atoms with Crippen LogP contribution in [0.25, 0.3) is 117 Å². The highest BCUT2D eigenvalue weighted by Gasteiger charge is 2.18. The molecule has 0 aliphatic carbocycles. The molecule has 63 heavy (non-hydrogen) atoms. The highest BCUT2D eigenvalue weighted by molar-refractivity contribution is 6.17. The largest absolute Gasteiger partial charge is 0.309 e. The normalized spacial score (nSPS) is 11.5. The molecule has 3 aromatic heterocycles. The van der Waals surface area contributed by atoms with Gasteiger partial charge in [0.15, 0.2) is 17.5 Å². The van der Waals surface area contributed by atoms with E-state index in [0.29, 0.717) is 17.5 Å². The molecule has 0 saturated heterocycles. The maximum absolute atomic E-state index is 5.29. The molecular weight excluding hydrogens is 767 g/mol. The second-order valence-corrected chi connectivity index (χ2v) is 15.8. The molecule has 5 heteroatoms. The Labute approximate surface area is 364 Å². The Balaban J connectivity index is 0.966. The molecule has 0 saturated carbocycles. The van der Waals surface area contributed by atoms with Crippen LogP contribution in [0.2, 0.25) is 0 Å². The average Bonchev–Trinajstić information content (AvgIpc) is 3.71. The average molecular weight is 804 g/mol. The van der Waals surface area contributed by atoms with Crippen LogP contribution in [-0.4, -0.2) is 24.5 Å². The van der Waals surface area contributed by atoms with Gasteiger partial charge >= 0.3 is 0 Å². The van der Waals surface area contributed by atoms with E-state index in [1.807, 2.05) is 36.4 Å². The molecule has 0 fully saturated rings. The Hall–Kier alpha value is -8.54. The van der Waals surface area contributed by atoms with E-state index in [0.717, 1.165) is 72.1 Å². The van der Waals surface area contributed by atoms with Gasteiger partial charge in [0.25, 0.3) is 0 Å². The molecule has 0 aliphatic heterocycles. The van der Waals surface area contributed by atoms with Crippen LogP contribution in [0.15, 0.2) is 224 Å². The number of rotatable bonds is 7. The van der Waals surface area contributed by atoms with E-state index in [-0.39, 0.29) is 0 Å². The fraction of sp³-hybridized carbons (Fsp3) is 0. The molecule has 3 heterocycles. The monoisotopic (exact) mass is 803 g/mol. The smallest absolute Gasteiger partial charge is 0.164 e. The van der Waals surface area contributed by atoms with Crippen molar-refractivity contribution in [2.45, 2.75) is 0 Å². The first kappa shape index (κ1) is 36.3. The van der Waals surface area contributed by atoms with Crippen molar-refractivity contribution >= 4 is 43.5 Å². The third kappa shape index (κ3) is 6.42. The minimum Gasteiger partial charge on any atom is -0.309 e. The van der Waals surface area contributed by atoms with E-state index in [2.05, 4.69) is 193 Å². The molecule has 0 atom stereocenters. The SMILES string of the molecule is c1ccc(-c2nc(-c3ccc(-c4ccc5nc(-c6ccccc6)c6cccc(-c7ccccc7)c6c5c4)cc3)nc(-c3cccc(-n4c5ccccc5c5ccccc54)c3)n2)cc1. The third-order valence-electron chi connectivity index (χ3n) is 12.0. The summed E-state index contributed by atoms with van der Waals surface area (Å²) < 4.78 is 2.32. The zero-order chi connectivity index (χ0) is 41.7. The molecule has 0 spiro atoms. The van der Waals surface area contributed by atoms with Crippen LogP contribution in [0.5, 0.6) is 0 Å². The van der Waals surface area contributed by atoms with Gasteiger partial charge in [-0.05, 0) is 58.7 Å². The zero-order valence-electron chi connectivity index (χ0n) is 34.1. The molecule has 0 unspecified atom stereocenters. The zero-order valence-corrected chi connectivity index (χ0v) is 34.1. The number of hydrogen-bond acceptors (Lipinski definition) is 4. The van der Waals surface area contributed by atoms with Crippen LogP contribution in [0, 0.1) is 0 Å². The predicted molar refractivity (Wildman–Crippen MR) is 260 cm³/mol. The summed E-state index contributed by atoms with van der Waals surface area (Å²) in [6, 6.07) is 78.7. The van der Waals surface area contributed by atoms with E-state index < -0.39 is 0 Å². The second kappa shape index (κ2) is 15.2. The lowest BCUT2D eigenvalue weighted by atomic mass is 9.91. The van der Waals surface area contributed by atoms with E-state index in [1.165, 1.54) is 27.3 Å². The van der Waals surface area contributed by atoms with Crippen LogP contribution in [0.3, 0.4) is 0 Å². The second-order valence-electron chi connectivity index (χ2n) is 15.8. The van der Waals surface area contributed by atoms with Crippen LogP contribution in [-0.2, 0) is 0 Å². The van der Waals surface area contributed by atoms with Gasteiger partial charge in [0.05, 0.1) is 22.2 Å². The Morgan fingerprint density at radius 2 is 0.778 bits per heavy atom. The van der Waals surface area contributed by atoms with Crippen molar-refractivity contribution in [1.29, 1.82) is 0 Å². The highest BCUT2D eigenvalue weighted by atomic mass is 15.0. The number of aromatic nitrogens is 5. The van der Waals surface area contributed by atoms with Gasteiger partial charge in [0.2, 0.25) is 0 Å². The molecule has 0 bridgehead atoms. The number of nitrogens with zero attached hydrogens (tertiary/aromatic N) is 5. The van der Waals surface area contributed by atoms with Crippen molar-refractivity contribution in [3.8, 4) is 73.4 Å². The van der Waals surface area contributed by atoms with Gasteiger partial charge in [0, 0.05) is 54.9 Å². The Morgan fingerprint density at radius 1 is 0.286 bits per heavy atom. The predicted octanol–water partition coefficient (Wildman–Crippen LogP) is 14.7. The van der Waals surface area contributed by atoms with Crippen LogP contribution in [0.4, 0.5) is 0 Å². The lowest BCUT2D eigenvalue weighted by Gasteiger charge is -2.15. The molecule has 0 aliphatic rings. The Bertz CT molecular complexity index is 3600. The minimum atomic E-state index is 0.613. The van der Waals surface area contributed by atoms with Crippen molar-refractivity contribution in [2.75, 3.05) is 0 Å². The van der Waals surface area contributed by atoms with Crippen LogP contribution < -0.4 is 0 Å². The van der Waals surface area contributed by atoms with Crippen molar-refractivity contribution in [1.82, 2.24) is 24.5 Å². The maximum Gasteiger partial charge on any atom is 0.164 e. The number of hydrogen-bond donors (Lipinski definition) is 0. The standard InChI is InChI=1S/C58H37N5/c1-4-16-39(17-5-1)46-26-15-27-49-54(46)50-37-43(34-35-51(50)59-55(49)40-18-6-2-7-19-40)38-30-32-42(33-31-38)57-60-56(41-20-8-3-9-21-41)61-58(62-57)44-22-14-23-45(36-44)63-52-28-12-10-24-47(52)48-25-11-13-29-53(48)63/h1-37H. The van der Waals surface area contributed by atoms with E-state index >= 15 is 0 Å². The molecule has 12 rings (SSSR count). The van der Waals surface area contributed by atoms with E-state index in [9.17, 15) is 0 Å². The molecule has 5 nitrogen and oxygen atoms in total. The summed E-state index contributed by atoms with van der Waals surface area (Å²) in [5, 5.41) is 5.88. The summed E-state index contributed by atoms with van der Waals surface area (Å²) in [4.78, 5) is 20.6. The van der Waals surface area contributed by atoms with Gasteiger partial charge in [-0.1, -0.05) is 188 Å². The summed E-state index contributed by atoms with van der Waals surface area (Å²) >= 11 is 0. The van der Waals surface area contributed by atoms with Crippen molar-refractivity contribution < 1.29 is 0 Å². The summed E-state index contributed by atoms with van der Waals surface area (Å²) in [5.74, 6) is 1.85. The first-order valence-electron chi connectivity index (χ1n) is 21.2. The van der Waals surface area contributed by atoms with Crippen molar-refractivity contribution in [3.63, 3.8) is 0 Å². The first-order chi connectivity index (χ1) is 31.2. The van der Waals surface area contributed by atoms with Crippen LogP contribution >= 0.6 is 0 Å². The summed E-state index contributed by atoms with van der Waals surface area (Å²) in [6.45, 7) is 0. The fourth-order valence-electron chi connectivity index (χ4n) is 9.06. The van der Waals surface area contributed by atoms with Gasteiger partial charge in [-0.2, -0.15) is 0 Å². The topological polar surface area (TPSA) is 56.5 Å². The van der Waals surface area contributed by atoms with Gasteiger partial charge in [-0.15, -0.1) is 0 Å². The summed E-state index contributed by atoms with van der Waals surface area (Å²) in [7, 11) is 0. The minimum absolute atomic E-state index is 0.613. The van der Waals surface area contributed by atoms with E-state index in [1.54, 1.807) is 0 Å². The molecule has 0 radical (unpaired) electrons. The van der Waals surface area contributed by atoms with Crippen molar-refractivity contribution in [3.05, 3.63) is 224 Å². The summed E-state index contributed by atoms with van der Waals surface area (Å²) in [6.07, 6.45) is 0. The molecule has 294 valence electrons.